The summed E-state index contributed by atoms with van der Waals surface area (Å²) >= 11 is 6.25. The highest BCUT2D eigenvalue weighted by molar-refractivity contribution is 6.31. The molecule has 0 saturated heterocycles. The molecule has 0 fully saturated rings. The molecular weight excluding hydrogens is 332 g/mol. The van der Waals surface area contributed by atoms with Gasteiger partial charge in [-0.3, -0.25) is 4.98 Å². The van der Waals surface area contributed by atoms with Crippen LogP contribution in [0, 0.1) is 0 Å². The molecule has 0 aromatic carbocycles. The summed E-state index contributed by atoms with van der Waals surface area (Å²) in [7, 11) is 2.19. The highest BCUT2D eigenvalue weighted by Crippen LogP contribution is 2.36. The van der Waals surface area contributed by atoms with E-state index in [1.54, 1.807) is 6.20 Å². The van der Waals surface area contributed by atoms with Crippen LogP contribution in [-0.2, 0) is 19.3 Å². The van der Waals surface area contributed by atoms with Gasteiger partial charge in [-0.15, -0.1) is 0 Å². The Balaban J connectivity index is 1.71. The van der Waals surface area contributed by atoms with Crippen molar-refractivity contribution >= 4 is 34.4 Å². The zero-order valence-corrected chi connectivity index (χ0v) is 14.9. The quantitative estimate of drug-likeness (QED) is 0.671. The number of pyridine rings is 2. The van der Waals surface area contributed by atoms with Crippen LogP contribution >= 0.6 is 11.6 Å². The van der Waals surface area contributed by atoms with E-state index in [1.807, 2.05) is 12.4 Å². The van der Waals surface area contributed by atoms with Crippen LogP contribution in [0.4, 0.5) is 0 Å². The lowest BCUT2D eigenvalue weighted by Crippen LogP contribution is -2.21. The fourth-order valence-corrected chi connectivity index (χ4v) is 4.18. The van der Waals surface area contributed by atoms with Gasteiger partial charge in [-0.2, -0.15) is 0 Å². The van der Waals surface area contributed by atoms with Gasteiger partial charge in [0.25, 0.3) is 0 Å². The molecule has 1 aliphatic carbocycles. The average Bonchev–Trinajstić information content (AvgIpc) is 2.73. The molecule has 1 aliphatic heterocycles. The maximum Gasteiger partial charge on any atom is 0.144 e. The molecule has 126 valence electrons. The second kappa shape index (κ2) is 5.68. The van der Waals surface area contributed by atoms with Crippen molar-refractivity contribution in [3.05, 3.63) is 58.1 Å². The molecular formula is C20H19ClN4. The average molecular weight is 351 g/mol. The first-order chi connectivity index (χ1) is 12.2. The Bertz CT molecular complexity index is 1020. The lowest BCUT2D eigenvalue weighted by molar-refractivity contribution is 0.351. The van der Waals surface area contributed by atoms with Crippen molar-refractivity contribution < 1.29 is 0 Å². The second-order valence-corrected chi connectivity index (χ2v) is 7.42. The zero-order chi connectivity index (χ0) is 17.0. The molecule has 0 radical (unpaired) electrons. The van der Waals surface area contributed by atoms with E-state index >= 15 is 0 Å². The molecule has 3 aromatic rings. The molecule has 0 saturated carbocycles. The smallest absolute Gasteiger partial charge is 0.144 e. The van der Waals surface area contributed by atoms with E-state index in [1.165, 1.54) is 33.3 Å². The lowest BCUT2D eigenvalue weighted by atomic mass is 9.85. The Morgan fingerprint density at radius 2 is 2.08 bits per heavy atom. The van der Waals surface area contributed by atoms with Gasteiger partial charge in [0.15, 0.2) is 0 Å². The number of hydrogen-bond donors (Lipinski definition) is 0. The fourth-order valence-electron chi connectivity index (χ4n) is 4.02. The van der Waals surface area contributed by atoms with Gasteiger partial charge < -0.3 is 9.47 Å². The maximum absolute atomic E-state index is 6.25. The molecule has 0 unspecified atom stereocenters. The number of aromatic nitrogens is 3. The summed E-state index contributed by atoms with van der Waals surface area (Å²) in [6.07, 6.45) is 10.9. The van der Waals surface area contributed by atoms with E-state index in [2.05, 4.69) is 44.8 Å². The Morgan fingerprint density at radius 1 is 1.20 bits per heavy atom. The third-order valence-electron chi connectivity index (χ3n) is 5.41. The summed E-state index contributed by atoms with van der Waals surface area (Å²) in [5.41, 5.74) is 7.79. The van der Waals surface area contributed by atoms with E-state index < -0.39 is 0 Å². The topological polar surface area (TPSA) is 34.0 Å². The van der Waals surface area contributed by atoms with Crippen molar-refractivity contribution in [2.75, 3.05) is 20.1 Å². The van der Waals surface area contributed by atoms with Crippen molar-refractivity contribution in [3.8, 4) is 0 Å². The summed E-state index contributed by atoms with van der Waals surface area (Å²) in [5.74, 6) is 0. The Hall–Kier alpha value is -2.17. The molecule has 25 heavy (non-hydrogen) atoms. The molecule has 2 aliphatic rings. The molecule has 5 rings (SSSR count). The maximum atomic E-state index is 6.25. The van der Waals surface area contributed by atoms with Gasteiger partial charge in [0, 0.05) is 61.8 Å². The minimum Gasteiger partial charge on any atom is -0.306 e. The summed E-state index contributed by atoms with van der Waals surface area (Å²) in [6.45, 7) is 2.14. The second-order valence-electron chi connectivity index (χ2n) is 6.99. The fraction of sp³-hybridized carbons (Fsp3) is 0.300. The zero-order valence-electron chi connectivity index (χ0n) is 14.2. The van der Waals surface area contributed by atoms with Gasteiger partial charge >= 0.3 is 0 Å². The Morgan fingerprint density at radius 3 is 2.96 bits per heavy atom. The SMILES string of the molecule is CN1CCc2c(n(C=C3Cc4cnccc43)c3ncc(Cl)cc23)CC1. The van der Waals surface area contributed by atoms with Gasteiger partial charge in [0.05, 0.1) is 5.02 Å². The molecule has 0 amide bonds. The molecule has 0 N–H and O–H groups in total. The summed E-state index contributed by atoms with van der Waals surface area (Å²) in [4.78, 5) is 11.3. The summed E-state index contributed by atoms with van der Waals surface area (Å²) < 4.78 is 2.30. The van der Waals surface area contributed by atoms with Gasteiger partial charge in [-0.1, -0.05) is 11.6 Å². The van der Waals surface area contributed by atoms with E-state index in [0.29, 0.717) is 5.02 Å². The van der Waals surface area contributed by atoms with E-state index in [4.69, 9.17) is 11.6 Å². The molecule has 4 nitrogen and oxygen atoms in total. The van der Waals surface area contributed by atoms with Crippen molar-refractivity contribution in [2.24, 2.45) is 0 Å². The predicted molar refractivity (Wildman–Crippen MR) is 102 cm³/mol. The molecule has 0 atom stereocenters. The number of halogens is 1. The van der Waals surface area contributed by atoms with E-state index in [9.17, 15) is 0 Å². The van der Waals surface area contributed by atoms with Crippen molar-refractivity contribution in [1.29, 1.82) is 0 Å². The van der Waals surface area contributed by atoms with Crippen LogP contribution in [0.5, 0.6) is 0 Å². The highest BCUT2D eigenvalue weighted by atomic mass is 35.5. The van der Waals surface area contributed by atoms with Crippen LogP contribution in [-0.4, -0.2) is 39.6 Å². The Kier molecular flexibility index (Phi) is 3.43. The van der Waals surface area contributed by atoms with Gasteiger partial charge in [0.1, 0.15) is 5.65 Å². The number of likely N-dealkylation sites (N-methyl/N-ethyl adjacent to an activating group) is 1. The van der Waals surface area contributed by atoms with Crippen molar-refractivity contribution in [2.45, 2.75) is 19.3 Å². The largest absolute Gasteiger partial charge is 0.306 e. The molecule has 4 heterocycles. The predicted octanol–water partition coefficient (Wildman–Crippen LogP) is 3.67. The first-order valence-corrected chi connectivity index (χ1v) is 9.08. The highest BCUT2D eigenvalue weighted by Gasteiger charge is 2.24. The van der Waals surface area contributed by atoms with Gasteiger partial charge in [-0.05, 0) is 47.9 Å². The van der Waals surface area contributed by atoms with Crippen LogP contribution in [0.2, 0.25) is 5.02 Å². The number of allylic oxidation sites excluding steroid dienone is 1. The van der Waals surface area contributed by atoms with Crippen LogP contribution in [0.3, 0.4) is 0 Å². The normalized spacial score (nSPS) is 18.7. The molecule has 0 bridgehead atoms. The van der Waals surface area contributed by atoms with Crippen LogP contribution in [0.15, 0.2) is 30.7 Å². The standard InChI is InChI=1S/C20H19ClN4/c1-24-6-3-17-18-9-15(21)11-23-20(18)25(19(17)4-7-24)12-14-8-13-10-22-5-2-16(13)14/h2,5,9-12H,3-4,6-8H2,1H3. The van der Waals surface area contributed by atoms with E-state index in [-0.39, 0.29) is 0 Å². The summed E-state index contributed by atoms with van der Waals surface area (Å²) in [6, 6.07) is 4.18. The Labute approximate surface area is 151 Å². The number of rotatable bonds is 1. The van der Waals surface area contributed by atoms with Crippen molar-refractivity contribution in [3.63, 3.8) is 0 Å². The van der Waals surface area contributed by atoms with Crippen LogP contribution < -0.4 is 0 Å². The number of hydrogen-bond acceptors (Lipinski definition) is 3. The number of fused-ring (bicyclic) bond motifs is 4. The molecule has 3 aromatic heterocycles. The van der Waals surface area contributed by atoms with Gasteiger partial charge in [-0.25, -0.2) is 4.98 Å². The number of nitrogens with zero attached hydrogens (tertiary/aromatic N) is 4. The third kappa shape index (κ3) is 2.40. The molecule has 0 spiro atoms. The summed E-state index contributed by atoms with van der Waals surface area (Å²) in [5, 5.41) is 1.90. The molecule has 5 heteroatoms. The first kappa shape index (κ1) is 15.1. The minimum absolute atomic E-state index is 0.706. The van der Waals surface area contributed by atoms with Crippen LogP contribution in [0.25, 0.3) is 22.8 Å². The van der Waals surface area contributed by atoms with Crippen LogP contribution in [0.1, 0.15) is 22.4 Å². The lowest BCUT2D eigenvalue weighted by Gasteiger charge is -2.22. The van der Waals surface area contributed by atoms with Crippen molar-refractivity contribution in [1.82, 2.24) is 19.4 Å². The van der Waals surface area contributed by atoms with E-state index in [0.717, 1.165) is 38.0 Å². The minimum atomic E-state index is 0.706. The first-order valence-electron chi connectivity index (χ1n) is 8.70. The van der Waals surface area contributed by atoms with Gasteiger partial charge in [0.2, 0.25) is 0 Å². The third-order valence-corrected chi connectivity index (χ3v) is 5.62. The monoisotopic (exact) mass is 350 g/mol.